The molecule has 6 N–H and O–H groups in total. The summed E-state index contributed by atoms with van der Waals surface area (Å²) in [7, 11) is 0. The highest BCUT2D eigenvalue weighted by molar-refractivity contribution is 5.91. The highest BCUT2D eigenvalue weighted by Crippen LogP contribution is 2.21. The van der Waals surface area contributed by atoms with Gasteiger partial charge in [-0.05, 0) is 43.0 Å². The zero-order valence-electron chi connectivity index (χ0n) is 16.5. The first-order chi connectivity index (χ1) is 14.1. The molecule has 3 rings (SSSR count). The molecule has 0 aliphatic carbocycles. The molecule has 154 valence electrons. The lowest BCUT2D eigenvalue weighted by Crippen LogP contribution is -2.28. The maximum absolute atomic E-state index is 11.7. The highest BCUT2D eigenvalue weighted by Gasteiger charge is 2.14. The molecule has 0 saturated carbocycles. The van der Waals surface area contributed by atoms with Gasteiger partial charge in [0, 0.05) is 19.4 Å². The number of nitrogens with zero attached hydrogens (tertiary/aromatic N) is 2. The monoisotopic (exact) mass is 397 g/mol. The SMILES string of the molecule is C=C/C(=C\NC(N)=NCC1CCCO1)c1ccc2nc(NC(=O)NCC)[nH]c2c1. The Bertz CT molecular complexity index is 926. The second-order valence-corrected chi connectivity index (χ2v) is 6.61. The zero-order valence-corrected chi connectivity index (χ0v) is 16.5. The Hall–Kier alpha value is -3.33. The Morgan fingerprint density at radius 3 is 3.10 bits per heavy atom. The number of urea groups is 1. The Balaban J connectivity index is 1.69. The van der Waals surface area contributed by atoms with Gasteiger partial charge in [-0.15, -0.1) is 0 Å². The van der Waals surface area contributed by atoms with Crippen molar-refractivity contribution in [1.29, 1.82) is 0 Å². The van der Waals surface area contributed by atoms with Crippen molar-refractivity contribution in [3.05, 3.63) is 42.6 Å². The van der Waals surface area contributed by atoms with Crippen LogP contribution in [-0.4, -0.2) is 47.8 Å². The summed E-state index contributed by atoms with van der Waals surface area (Å²) < 4.78 is 5.54. The van der Waals surface area contributed by atoms with Crippen molar-refractivity contribution < 1.29 is 9.53 Å². The number of guanidine groups is 1. The molecular weight excluding hydrogens is 370 g/mol. The number of aromatic amines is 1. The molecule has 2 amide bonds. The van der Waals surface area contributed by atoms with Crippen LogP contribution >= 0.6 is 0 Å². The zero-order chi connectivity index (χ0) is 20.6. The van der Waals surface area contributed by atoms with Crippen molar-refractivity contribution in [3.63, 3.8) is 0 Å². The average Bonchev–Trinajstić information content (AvgIpc) is 3.35. The number of nitrogens with two attached hydrogens (primary N) is 1. The van der Waals surface area contributed by atoms with Gasteiger partial charge in [0.05, 0.1) is 23.7 Å². The van der Waals surface area contributed by atoms with Crippen molar-refractivity contribution in [1.82, 2.24) is 20.6 Å². The molecule has 29 heavy (non-hydrogen) atoms. The molecule has 1 fully saturated rings. The molecule has 2 heterocycles. The summed E-state index contributed by atoms with van der Waals surface area (Å²) in [4.78, 5) is 23.4. The van der Waals surface area contributed by atoms with Crippen LogP contribution < -0.4 is 21.7 Å². The lowest BCUT2D eigenvalue weighted by atomic mass is 10.1. The standard InChI is InChI=1S/C20H27N7O2/c1-3-13(11-23-18(21)24-12-15-6-5-9-29-15)14-7-8-16-17(10-14)26-19(25-16)27-20(28)22-4-2/h3,7-8,10-11,15H,1,4-6,9,12H2,2H3,(H3,21,23,24)(H3,22,25,26,27,28)/b13-11+. The smallest absolute Gasteiger partial charge is 0.321 e. The molecule has 1 aromatic heterocycles. The maximum atomic E-state index is 11.7. The molecule has 9 nitrogen and oxygen atoms in total. The van der Waals surface area contributed by atoms with Crippen molar-refractivity contribution in [2.75, 3.05) is 25.0 Å². The van der Waals surface area contributed by atoms with Crippen molar-refractivity contribution >= 4 is 34.5 Å². The number of aromatic nitrogens is 2. The Morgan fingerprint density at radius 1 is 1.52 bits per heavy atom. The van der Waals surface area contributed by atoms with Gasteiger partial charge in [0.1, 0.15) is 0 Å². The Labute approximate surface area is 169 Å². The number of fused-ring (bicyclic) bond motifs is 1. The molecule has 2 aromatic rings. The van der Waals surface area contributed by atoms with Gasteiger partial charge in [0.15, 0.2) is 5.96 Å². The molecule has 1 aliphatic rings. The normalized spacial score (nSPS) is 17.3. The summed E-state index contributed by atoms with van der Waals surface area (Å²) in [5.74, 6) is 0.715. The number of nitrogens with one attached hydrogen (secondary N) is 4. The molecule has 1 atom stereocenters. The van der Waals surface area contributed by atoms with E-state index >= 15 is 0 Å². The molecule has 1 unspecified atom stereocenters. The summed E-state index contributed by atoms with van der Waals surface area (Å²) in [6.07, 6.45) is 5.73. The van der Waals surface area contributed by atoms with Crippen LogP contribution in [0.25, 0.3) is 16.6 Å². The van der Waals surface area contributed by atoms with Crippen molar-refractivity contribution in [3.8, 4) is 0 Å². The van der Waals surface area contributed by atoms with Gasteiger partial charge in [-0.3, -0.25) is 10.3 Å². The van der Waals surface area contributed by atoms with Crippen molar-refractivity contribution in [2.24, 2.45) is 10.7 Å². The lowest BCUT2D eigenvalue weighted by Gasteiger charge is -2.07. The van der Waals surface area contributed by atoms with Gasteiger partial charge >= 0.3 is 6.03 Å². The van der Waals surface area contributed by atoms with Gasteiger partial charge in [-0.1, -0.05) is 18.7 Å². The van der Waals surface area contributed by atoms with E-state index in [9.17, 15) is 4.79 Å². The van der Waals surface area contributed by atoms with Crippen LogP contribution in [0.15, 0.2) is 42.0 Å². The quantitative estimate of drug-likeness (QED) is 0.278. The minimum Gasteiger partial charge on any atom is -0.376 e. The van der Waals surface area contributed by atoms with E-state index in [4.69, 9.17) is 10.5 Å². The number of carbonyl (C=O) groups is 1. The van der Waals surface area contributed by atoms with E-state index in [1.54, 1.807) is 12.3 Å². The molecule has 9 heteroatoms. The van der Waals surface area contributed by atoms with E-state index in [2.05, 4.69) is 37.5 Å². The van der Waals surface area contributed by atoms with Crippen LogP contribution in [-0.2, 0) is 4.74 Å². The fourth-order valence-corrected chi connectivity index (χ4v) is 3.01. The number of H-pyrrole nitrogens is 1. The summed E-state index contributed by atoms with van der Waals surface area (Å²) in [6.45, 7) is 7.61. The van der Waals surface area contributed by atoms with Crippen LogP contribution in [0.2, 0.25) is 0 Å². The number of amides is 2. The van der Waals surface area contributed by atoms with Gasteiger partial charge in [0.2, 0.25) is 5.95 Å². The molecule has 1 aromatic carbocycles. The summed E-state index contributed by atoms with van der Waals surface area (Å²) in [5, 5.41) is 8.32. The number of carbonyl (C=O) groups excluding carboxylic acids is 1. The van der Waals surface area contributed by atoms with Gasteiger partial charge in [-0.25, -0.2) is 9.78 Å². The predicted molar refractivity (Wildman–Crippen MR) is 116 cm³/mol. The molecular formula is C20H27N7O2. The predicted octanol–water partition coefficient (Wildman–Crippen LogP) is 2.31. The summed E-state index contributed by atoms with van der Waals surface area (Å²) in [5.41, 5.74) is 9.24. The minimum absolute atomic E-state index is 0.156. The number of benzene rings is 1. The number of imidazole rings is 1. The van der Waals surface area contributed by atoms with Crippen LogP contribution in [0, 0.1) is 0 Å². The van der Waals surface area contributed by atoms with E-state index in [0.29, 0.717) is 25.0 Å². The van der Waals surface area contributed by atoms with E-state index in [1.807, 2.05) is 25.1 Å². The molecule has 0 bridgehead atoms. The number of ether oxygens (including phenoxy) is 1. The molecule has 1 saturated heterocycles. The highest BCUT2D eigenvalue weighted by atomic mass is 16.5. The number of aliphatic imine (C=N–C) groups is 1. The lowest BCUT2D eigenvalue weighted by molar-refractivity contribution is 0.118. The number of hydrogen-bond acceptors (Lipinski definition) is 4. The number of rotatable bonds is 7. The molecule has 0 spiro atoms. The van der Waals surface area contributed by atoms with E-state index in [1.165, 1.54) is 0 Å². The van der Waals surface area contributed by atoms with Gasteiger partial charge in [-0.2, -0.15) is 0 Å². The largest absolute Gasteiger partial charge is 0.376 e. The van der Waals surface area contributed by atoms with Crippen LogP contribution in [0.3, 0.4) is 0 Å². The minimum atomic E-state index is -0.305. The van der Waals surface area contributed by atoms with Crippen LogP contribution in [0.4, 0.5) is 10.7 Å². The Morgan fingerprint density at radius 2 is 2.38 bits per heavy atom. The first-order valence-corrected chi connectivity index (χ1v) is 9.64. The number of hydrogen-bond donors (Lipinski definition) is 5. The van der Waals surface area contributed by atoms with Crippen molar-refractivity contribution in [2.45, 2.75) is 25.9 Å². The summed E-state index contributed by atoms with van der Waals surface area (Å²) in [6, 6.07) is 5.42. The number of allylic oxidation sites excluding steroid dienone is 2. The van der Waals surface area contributed by atoms with Crippen LogP contribution in [0.1, 0.15) is 25.3 Å². The fraction of sp³-hybridized carbons (Fsp3) is 0.350. The fourth-order valence-electron chi connectivity index (χ4n) is 3.01. The van der Waals surface area contributed by atoms with E-state index < -0.39 is 0 Å². The van der Waals surface area contributed by atoms with E-state index in [-0.39, 0.29) is 12.1 Å². The third-order valence-corrected chi connectivity index (χ3v) is 4.47. The molecule has 1 aliphatic heterocycles. The topological polar surface area (TPSA) is 129 Å². The van der Waals surface area contributed by atoms with Gasteiger partial charge in [0.25, 0.3) is 0 Å². The second kappa shape index (κ2) is 9.74. The van der Waals surface area contributed by atoms with E-state index in [0.717, 1.165) is 41.6 Å². The first kappa shape index (κ1) is 20.4. The van der Waals surface area contributed by atoms with Gasteiger partial charge < -0.3 is 26.1 Å². The average molecular weight is 397 g/mol. The maximum Gasteiger partial charge on any atom is 0.321 e. The third-order valence-electron chi connectivity index (χ3n) is 4.47. The first-order valence-electron chi connectivity index (χ1n) is 9.64. The second-order valence-electron chi connectivity index (χ2n) is 6.61. The molecule has 0 radical (unpaired) electrons. The summed E-state index contributed by atoms with van der Waals surface area (Å²) >= 11 is 0. The van der Waals surface area contributed by atoms with Crippen LogP contribution in [0.5, 0.6) is 0 Å². The Kier molecular flexibility index (Phi) is 6.85. The number of anilines is 1. The third kappa shape index (κ3) is 5.58.